The summed E-state index contributed by atoms with van der Waals surface area (Å²) < 4.78 is 24.8. The van der Waals surface area contributed by atoms with E-state index in [-0.39, 0.29) is 16.4 Å². The average molecular weight is 449 g/mol. The molecule has 0 heterocycles. The average Bonchev–Trinajstić information content (AvgIpc) is 2.78. The molecule has 3 rings (SSSR count). The zero-order valence-corrected chi connectivity index (χ0v) is 19.6. The van der Waals surface area contributed by atoms with Crippen LogP contribution in [0.25, 0.3) is 0 Å². The number of hydrogen-bond acceptors (Lipinski definition) is 5. The van der Waals surface area contributed by atoms with Crippen molar-refractivity contribution in [2.24, 2.45) is 0 Å². The molecule has 0 aliphatic rings. The van der Waals surface area contributed by atoms with Crippen molar-refractivity contribution in [2.75, 3.05) is 13.2 Å². The third-order valence-corrected chi connectivity index (χ3v) is 6.48. The van der Waals surface area contributed by atoms with Crippen LogP contribution < -0.4 is 14.8 Å². The smallest absolute Gasteiger partial charge is 0.247 e. The van der Waals surface area contributed by atoms with E-state index in [2.05, 4.69) is 0 Å². The summed E-state index contributed by atoms with van der Waals surface area (Å²) in [6, 6.07) is 17.1. The molecular formula is C26H26O5P. The van der Waals surface area contributed by atoms with Crippen LogP contribution >= 0.6 is 7.80 Å². The maximum Gasteiger partial charge on any atom is 0.247 e. The Kier molecular flexibility index (Phi) is 7.55. The van der Waals surface area contributed by atoms with Crippen molar-refractivity contribution in [3.05, 3.63) is 88.5 Å². The standard InChI is InChI=1S/C26H26O5P/c1-5-30-20-14-10-15-21(31-6-2)24(20)25(27)19-13-7-8-16-22(19)32(29)26(28)23-17(3)11-9-12-18(23)4/h7-16H,5-6H2,1-4H3. The molecule has 0 aliphatic carbocycles. The molecule has 3 aromatic carbocycles. The topological polar surface area (TPSA) is 69.7 Å². The molecule has 0 aromatic heterocycles. The quantitative estimate of drug-likeness (QED) is 0.313. The van der Waals surface area contributed by atoms with Crippen LogP contribution in [-0.4, -0.2) is 24.5 Å². The molecule has 0 aliphatic heterocycles. The van der Waals surface area contributed by atoms with Crippen LogP contribution in [0.5, 0.6) is 11.5 Å². The summed E-state index contributed by atoms with van der Waals surface area (Å²) in [4.78, 5) is 26.8. The summed E-state index contributed by atoms with van der Waals surface area (Å²) in [5.41, 5.74) is 1.90. The van der Waals surface area contributed by atoms with E-state index in [1.165, 1.54) is 0 Å². The van der Waals surface area contributed by atoms with Gasteiger partial charge in [0.25, 0.3) is 0 Å². The van der Waals surface area contributed by atoms with E-state index in [0.717, 1.165) is 11.1 Å². The van der Waals surface area contributed by atoms with Gasteiger partial charge in [-0.2, -0.15) is 0 Å². The highest BCUT2D eigenvalue weighted by Gasteiger charge is 2.28. The van der Waals surface area contributed by atoms with Crippen molar-refractivity contribution < 1.29 is 23.6 Å². The molecule has 1 atom stereocenters. The fraction of sp³-hybridized carbons (Fsp3) is 0.231. The predicted octanol–water partition coefficient (Wildman–Crippen LogP) is 5.62. The van der Waals surface area contributed by atoms with Crippen LogP contribution in [0, 0.1) is 13.8 Å². The lowest BCUT2D eigenvalue weighted by molar-refractivity contribution is 0.103. The van der Waals surface area contributed by atoms with Gasteiger partial charge in [0.2, 0.25) is 11.3 Å². The molecule has 165 valence electrons. The van der Waals surface area contributed by atoms with Gasteiger partial charge < -0.3 is 9.47 Å². The van der Waals surface area contributed by atoms with E-state index in [4.69, 9.17) is 9.47 Å². The minimum atomic E-state index is -2.52. The van der Waals surface area contributed by atoms with Crippen LogP contribution in [0.3, 0.4) is 0 Å². The molecule has 6 heteroatoms. The molecule has 3 aromatic rings. The number of aryl methyl sites for hydroxylation is 2. The number of carbonyl (C=O) groups is 2. The molecule has 0 bridgehead atoms. The first-order valence-corrected chi connectivity index (χ1v) is 11.8. The SMILES string of the molecule is CCOc1cccc(OCC)c1C(=O)c1ccccc1[P](=O)C(=O)c1c(C)cccc1C. The first kappa shape index (κ1) is 23.4. The van der Waals surface area contributed by atoms with E-state index >= 15 is 0 Å². The van der Waals surface area contributed by atoms with Crippen molar-refractivity contribution in [1.29, 1.82) is 0 Å². The Bertz CT molecular complexity index is 1140. The minimum absolute atomic E-state index is 0.196. The van der Waals surface area contributed by atoms with Gasteiger partial charge in [-0.15, -0.1) is 0 Å². The van der Waals surface area contributed by atoms with Crippen molar-refractivity contribution in [3.8, 4) is 11.5 Å². The molecule has 32 heavy (non-hydrogen) atoms. The van der Waals surface area contributed by atoms with Gasteiger partial charge in [0.15, 0.2) is 7.80 Å². The third-order valence-electron chi connectivity index (χ3n) is 5.06. The monoisotopic (exact) mass is 449 g/mol. The van der Waals surface area contributed by atoms with E-state index in [1.54, 1.807) is 42.5 Å². The van der Waals surface area contributed by atoms with Crippen molar-refractivity contribution in [1.82, 2.24) is 0 Å². The minimum Gasteiger partial charge on any atom is -0.493 e. The Balaban J connectivity index is 2.11. The van der Waals surface area contributed by atoms with Gasteiger partial charge in [-0.3, -0.25) is 14.2 Å². The van der Waals surface area contributed by atoms with Gasteiger partial charge >= 0.3 is 0 Å². The Morgan fingerprint density at radius 3 is 1.84 bits per heavy atom. The molecule has 1 unspecified atom stereocenters. The van der Waals surface area contributed by atoms with Crippen molar-refractivity contribution in [3.63, 3.8) is 0 Å². The van der Waals surface area contributed by atoms with Gasteiger partial charge in [-0.1, -0.05) is 36.4 Å². The molecule has 0 spiro atoms. The van der Waals surface area contributed by atoms with E-state index in [1.807, 2.05) is 45.9 Å². The molecule has 0 saturated heterocycles. The fourth-order valence-electron chi connectivity index (χ4n) is 3.63. The van der Waals surface area contributed by atoms with Crippen LogP contribution in [0.2, 0.25) is 0 Å². The maximum atomic E-state index is 13.7. The lowest BCUT2D eigenvalue weighted by atomic mass is 10.0. The summed E-state index contributed by atoms with van der Waals surface area (Å²) >= 11 is 0. The largest absolute Gasteiger partial charge is 0.493 e. The molecule has 0 fully saturated rings. The second-order valence-corrected chi connectivity index (χ2v) is 8.68. The predicted molar refractivity (Wildman–Crippen MR) is 126 cm³/mol. The molecular weight excluding hydrogens is 423 g/mol. The van der Waals surface area contributed by atoms with Crippen LogP contribution in [0.1, 0.15) is 51.3 Å². The number of ketones is 1. The van der Waals surface area contributed by atoms with E-state index in [0.29, 0.717) is 30.3 Å². The molecule has 0 saturated carbocycles. The first-order valence-electron chi connectivity index (χ1n) is 10.5. The third kappa shape index (κ3) is 4.63. The summed E-state index contributed by atoms with van der Waals surface area (Å²) in [6.45, 7) is 8.03. The van der Waals surface area contributed by atoms with Gasteiger partial charge in [-0.25, -0.2) is 0 Å². The number of carbonyl (C=O) groups excluding carboxylic acids is 2. The number of benzene rings is 3. The Hall–Kier alpha value is -3.30. The lowest BCUT2D eigenvalue weighted by Crippen LogP contribution is -2.18. The molecule has 0 N–H and O–H groups in total. The summed E-state index contributed by atoms with van der Waals surface area (Å²) in [5.74, 6) is 0.370. The zero-order valence-electron chi connectivity index (χ0n) is 18.7. The van der Waals surface area contributed by atoms with Gasteiger partial charge in [0, 0.05) is 11.1 Å². The summed E-state index contributed by atoms with van der Waals surface area (Å²) in [5, 5.41) is 0.203. The Morgan fingerprint density at radius 2 is 1.28 bits per heavy atom. The lowest BCUT2D eigenvalue weighted by Gasteiger charge is -2.16. The normalized spacial score (nSPS) is 11.1. The molecule has 0 amide bonds. The number of rotatable bonds is 9. The second kappa shape index (κ2) is 10.3. The van der Waals surface area contributed by atoms with Crippen LogP contribution in [-0.2, 0) is 4.57 Å². The molecule has 5 nitrogen and oxygen atoms in total. The van der Waals surface area contributed by atoms with Gasteiger partial charge in [0.05, 0.1) is 18.5 Å². The highest BCUT2D eigenvalue weighted by atomic mass is 31.1. The fourth-order valence-corrected chi connectivity index (χ4v) is 5.02. The van der Waals surface area contributed by atoms with Gasteiger partial charge in [-0.05, 0) is 63.1 Å². The van der Waals surface area contributed by atoms with E-state index in [9.17, 15) is 14.2 Å². The Labute approximate surface area is 189 Å². The van der Waals surface area contributed by atoms with Crippen LogP contribution in [0.4, 0.5) is 0 Å². The molecule has 1 radical (unpaired) electrons. The second-order valence-electron chi connectivity index (χ2n) is 7.21. The Morgan fingerprint density at radius 1 is 0.750 bits per heavy atom. The highest BCUT2D eigenvalue weighted by Crippen LogP contribution is 2.35. The maximum absolute atomic E-state index is 13.7. The van der Waals surface area contributed by atoms with Crippen LogP contribution in [0.15, 0.2) is 60.7 Å². The van der Waals surface area contributed by atoms with Crippen molar-refractivity contribution >= 4 is 24.4 Å². The highest BCUT2D eigenvalue weighted by molar-refractivity contribution is 7.71. The summed E-state index contributed by atoms with van der Waals surface area (Å²) in [7, 11) is -2.52. The number of ether oxygens (including phenoxy) is 2. The van der Waals surface area contributed by atoms with Crippen molar-refractivity contribution in [2.45, 2.75) is 27.7 Å². The summed E-state index contributed by atoms with van der Waals surface area (Å²) in [6.07, 6.45) is 0. The first-order chi connectivity index (χ1) is 15.4. The zero-order chi connectivity index (χ0) is 23.3. The number of hydrogen-bond donors (Lipinski definition) is 0. The van der Waals surface area contributed by atoms with E-state index < -0.39 is 19.1 Å². The van der Waals surface area contributed by atoms with Gasteiger partial charge in [0.1, 0.15) is 17.1 Å².